The highest BCUT2D eigenvalue weighted by atomic mass is 32.1. The van der Waals surface area contributed by atoms with Crippen molar-refractivity contribution in [2.24, 2.45) is 47.3 Å². The van der Waals surface area contributed by atoms with Crippen LogP contribution < -0.4 is 42.5 Å². The van der Waals surface area contributed by atoms with Crippen molar-refractivity contribution >= 4 is 12.6 Å². The fraction of sp³-hybridized carbons (Fsp3) is 1.00. The van der Waals surface area contributed by atoms with Crippen LogP contribution in [-0.2, 0) is 0 Å². The molecule has 8 N–H and O–H groups in total. The molecule has 0 aromatic heterocycles. The van der Waals surface area contributed by atoms with Gasteiger partial charge < -0.3 is 0 Å². The summed E-state index contributed by atoms with van der Waals surface area (Å²) in [5.41, 5.74) is 0. The molecule has 4 saturated carbocycles. The minimum absolute atomic E-state index is 0.420. The molecule has 9 fully saturated rings. The lowest BCUT2D eigenvalue weighted by molar-refractivity contribution is 0.167. The number of nitrogens with one attached hydrogen (secondary N) is 8. The maximum absolute atomic E-state index is 4.26. The first-order chi connectivity index (χ1) is 26.2. The van der Waals surface area contributed by atoms with Crippen LogP contribution in [0.2, 0.25) is 0 Å². The third-order valence-corrected chi connectivity index (χ3v) is 16.6. The molecule has 8 atom stereocenters. The molecule has 5 aliphatic heterocycles. The predicted octanol–water partition coefficient (Wildman–Crippen LogP) is 7.44. The Labute approximate surface area is 330 Å². The zero-order valence-corrected chi connectivity index (χ0v) is 34.7. The molecule has 0 radical (unpaired) electrons. The highest BCUT2D eigenvalue weighted by Gasteiger charge is 2.54. The molecule has 9 rings (SSSR count). The third kappa shape index (κ3) is 9.35. The molecule has 53 heavy (non-hydrogen) atoms. The quantitative estimate of drug-likeness (QED) is 0.0840. The van der Waals surface area contributed by atoms with E-state index in [0.29, 0.717) is 49.3 Å². The van der Waals surface area contributed by atoms with E-state index in [-0.39, 0.29) is 0 Å². The Morgan fingerprint density at radius 2 is 0.491 bits per heavy atom. The summed E-state index contributed by atoms with van der Waals surface area (Å²) >= 11 is 4.20. The van der Waals surface area contributed by atoms with Crippen molar-refractivity contribution < 1.29 is 0 Å². The number of hydrogen-bond donors (Lipinski definition) is 9. The molecule has 0 spiro atoms. The van der Waals surface area contributed by atoms with E-state index in [1.165, 1.54) is 167 Å². The lowest BCUT2D eigenvalue weighted by atomic mass is 9.76. The molecule has 8 nitrogen and oxygen atoms in total. The average Bonchev–Trinajstić information content (AvgIpc) is 3.93. The van der Waals surface area contributed by atoms with E-state index in [2.05, 4.69) is 62.1 Å². The summed E-state index contributed by atoms with van der Waals surface area (Å²) in [6.45, 7) is 2.28. The number of unbranched alkanes of at least 4 members (excludes halogenated alkanes) is 9. The smallest absolute Gasteiger partial charge is 0.0628 e. The average molecular weight is 755 g/mol. The number of fused-ring (bicyclic) bond motifs is 20. The Morgan fingerprint density at radius 1 is 0.302 bits per heavy atom. The van der Waals surface area contributed by atoms with Gasteiger partial charge in [-0.1, -0.05) is 116 Å². The Hall–Kier alpha value is 0.0300. The number of thiol groups is 1. The SMILES string of the molecule is C1CCC2C3NC(NC4NC(NC5NC(NC6NC(N3)C3CCCCC63)C3CCCCC53)C3CCCCC43)C2C1.CCCCCCCCCCCCS. The van der Waals surface area contributed by atoms with Gasteiger partial charge in [-0.25, -0.2) is 0 Å². The number of rotatable bonds is 10. The summed E-state index contributed by atoms with van der Waals surface area (Å²) in [7, 11) is 0. The van der Waals surface area contributed by atoms with Gasteiger partial charge >= 0.3 is 0 Å². The Bertz CT molecular complexity index is 880. The van der Waals surface area contributed by atoms with Gasteiger partial charge in [-0.2, -0.15) is 12.6 Å². The maximum atomic E-state index is 4.26. The van der Waals surface area contributed by atoms with Crippen molar-refractivity contribution in [2.75, 3.05) is 5.75 Å². The summed E-state index contributed by atoms with van der Waals surface area (Å²) in [5, 5.41) is 33.8. The minimum Gasteiger partial charge on any atom is -0.286 e. The lowest BCUT2D eigenvalue weighted by Gasteiger charge is -2.35. The van der Waals surface area contributed by atoms with E-state index in [1.54, 1.807) is 0 Å². The van der Waals surface area contributed by atoms with E-state index >= 15 is 0 Å². The molecule has 0 aromatic rings. The van der Waals surface area contributed by atoms with Gasteiger partial charge in [0, 0.05) is 0 Å². The van der Waals surface area contributed by atoms with Gasteiger partial charge in [0.15, 0.2) is 0 Å². The van der Waals surface area contributed by atoms with Crippen LogP contribution in [0.3, 0.4) is 0 Å². The van der Waals surface area contributed by atoms with Crippen LogP contribution in [0.5, 0.6) is 0 Å². The van der Waals surface area contributed by atoms with E-state index < -0.39 is 0 Å². The second kappa shape index (κ2) is 19.7. The predicted molar refractivity (Wildman–Crippen MR) is 223 cm³/mol. The van der Waals surface area contributed by atoms with Gasteiger partial charge in [-0.3, -0.25) is 42.5 Å². The van der Waals surface area contributed by atoms with Gasteiger partial charge in [-0.05, 0) is 111 Å². The molecule has 0 amide bonds. The van der Waals surface area contributed by atoms with Crippen LogP contribution in [0.1, 0.15) is 174 Å². The Kier molecular flexibility index (Phi) is 14.8. The van der Waals surface area contributed by atoms with E-state index in [9.17, 15) is 0 Å². The summed E-state index contributed by atoms with van der Waals surface area (Å²) in [5.74, 6) is 7.04. The van der Waals surface area contributed by atoms with Crippen LogP contribution in [0.4, 0.5) is 0 Å². The minimum atomic E-state index is 0.420. The first-order valence-corrected chi connectivity index (χ1v) is 24.5. The highest BCUT2D eigenvalue weighted by molar-refractivity contribution is 7.80. The van der Waals surface area contributed by atoms with Gasteiger partial charge in [0.25, 0.3) is 0 Å². The van der Waals surface area contributed by atoms with Crippen LogP contribution in [0.15, 0.2) is 0 Å². The topological polar surface area (TPSA) is 96.2 Å². The molecule has 8 unspecified atom stereocenters. The fourth-order valence-electron chi connectivity index (χ4n) is 13.6. The molecule has 0 aromatic carbocycles. The van der Waals surface area contributed by atoms with Crippen molar-refractivity contribution in [3.63, 3.8) is 0 Å². The van der Waals surface area contributed by atoms with Gasteiger partial charge in [0.05, 0.1) is 49.3 Å². The second-order valence-electron chi connectivity index (χ2n) is 19.5. The fourth-order valence-corrected chi connectivity index (χ4v) is 13.8. The maximum Gasteiger partial charge on any atom is 0.0628 e. The monoisotopic (exact) mass is 755 g/mol. The summed E-state index contributed by atoms with van der Waals surface area (Å²) < 4.78 is 0. The van der Waals surface area contributed by atoms with Crippen LogP contribution >= 0.6 is 12.6 Å². The summed E-state index contributed by atoms with van der Waals surface area (Å²) in [6.07, 6.45) is 39.8. The van der Waals surface area contributed by atoms with Crippen molar-refractivity contribution in [3.05, 3.63) is 0 Å². The van der Waals surface area contributed by atoms with Gasteiger partial charge in [0.1, 0.15) is 0 Å². The zero-order chi connectivity index (χ0) is 36.0. The summed E-state index contributed by atoms with van der Waals surface area (Å²) in [4.78, 5) is 0. The van der Waals surface area contributed by atoms with Crippen molar-refractivity contribution in [1.29, 1.82) is 0 Å². The third-order valence-electron chi connectivity index (χ3n) is 16.3. The highest BCUT2D eigenvalue weighted by Crippen LogP contribution is 2.45. The van der Waals surface area contributed by atoms with E-state index in [0.717, 1.165) is 53.1 Å². The largest absolute Gasteiger partial charge is 0.286 e. The Morgan fingerprint density at radius 3 is 0.679 bits per heavy atom. The first-order valence-electron chi connectivity index (χ1n) is 23.9. The van der Waals surface area contributed by atoms with Crippen molar-refractivity contribution in [1.82, 2.24) is 42.5 Å². The molecule has 9 aliphatic rings. The molecule has 8 bridgehead atoms. The molecule has 4 aliphatic carbocycles. The van der Waals surface area contributed by atoms with Crippen LogP contribution in [0, 0.1) is 47.3 Å². The second-order valence-corrected chi connectivity index (χ2v) is 20.0. The molecule has 304 valence electrons. The normalized spacial score (nSPS) is 46.1. The zero-order valence-electron chi connectivity index (χ0n) is 33.8. The lowest BCUT2D eigenvalue weighted by Crippen LogP contribution is -2.61. The first kappa shape index (κ1) is 39.8. The molecule has 5 saturated heterocycles. The number of hydrogen-bond acceptors (Lipinski definition) is 9. The van der Waals surface area contributed by atoms with Gasteiger partial charge in [0.2, 0.25) is 0 Å². The Balaban J connectivity index is 0.000000266. The standard InChI is InChI=1S/C32H56N8.C12H26S/c1-2-10-18-17(9-1)25-33-26(18)38-28-21-13-5-6-14-22(21)30(35-28)40-32-24-16-8-7-15-23(24)31(36-32)39-29-20-12-4-3-11-19(20)27(34-29)37-25;1-2-3-4-5-6-7-8-9-10-11-12-13/h17-40H,1-16H2;13H,2-12H2,1H3. The molecular weight excluding hydrogens is 673 g/mol. The molecular formula is C44H82N8S. The van der Waals surface area contributed by atoms with Crippen LogP contribution in [-0.4, -0.2) is 55.1 Å². The molecule has 9 heteroatoms. The van der Waals surface area contributed by atoms with E-state index in [1.807, 2.05) is 0 Å². The van der Waals surface area contributed by atoms with E-state index in [4.69, 9.17) is 0 Å². The van der Waals surface area contributed by atoms with Crippen LogP contribution in [0.25, 0.3) is 0 Å². The van der Waals surface area contributed by atoms with Gasteiger partial charge in [-0.15, -0.1) is 0 Å². The summed E-state index contributed by atoms with van der Waals surface area (Å²) in [6, 6.07) is 0. The molecule has 5 heterocycles. The van der Waals surface area contributed by atoms with Crippen molar-refractivity contribution in [2.45, 2.75) is 223 Å². The van der Waals surface area contributed by atoms with Crippen molar-refractivity contribution in [3.8, 4) is 0 Å².